The zero-order chi connectivity index (χ0) is 25.0. The van der Waals surface area contributed by atoms with Gasteiger partial charge in [0, 0.05) is 43.8 Å². The molecule has 1 amide bonds. The van der Waals surface area contributed by atoms with Crippen LogP contribution in [0.2, 0.25) is 0 Å². The lowest BCUT2D eigenvalue weighted by atomic mass is 10.0. The number of benzene rings is 1. The molecule has 1 saturated heterocycles. The van der Waals surface area contributed by atoms with E-state index in [9.17, 15) is 26.4 Å². The van der Waals surface area contributed by atoms with Crippen LogP contribution in [-0.4, -0.2) is 60.4 Å². The van der Waals surface area contributed by atoms with Crippen molar-refractivity contribution in [2.45, 2.75) is 42.9 Å². The second-order valence-corrected chi connectivity index (χ2v) is 11.2. The molecular formula is C24H24F3N3O4S. The van der Waals surface area contributed by atoms with Gasteiger partial charge in [0.05, 0.1) is 16.6 Å². The molecule has 0 atom stereocenters. The van der Waals surface area contributed by atoms with Gasteiger partial charge in [0.25, 0.3) is 0 Å². The number of nitrogens with zero attached hydrogens (tertiary/aromatic N) is 3. The third-order valence-corrected chi connectivity index (χ3v) is 7.90. The molecule has 35 heavy (non-hydrogen) atoms. The quantitative estimate of drug-likeness (QED) is 0.519. The second kappa shape index (κ2) is 8.25. The van der Waals surface area contributed by atoms with Crippen LogP contribution in [0.25, 0.3) is 16.7 Å². The zero-order valence-corrected chi connectivity index (χ0v) is 19.8. The maximum absolute atomic E-state index is 13.2. The molecule has 0 radical (unpaired) electrons. The Balaban J connectivity index is 1.22. The molecule has 0 spiro atoms. The summed E-state index contributed by atoms with van der Waals surface area (Å²) >= 11 is 0. The van der Waals surface area contributed by atoms with E-state index >= 15 is 0 Å². The summed E-state index contributed by atoms with van der Waals surface area (Å²) in [5.74, 6) is 0.349. The number of alkyl halides is 3. The third kappa shape index (κ3) is 4.37. The Kier molecular flexibility index (Phi) is 5.58. The predicted molar refractivity (Wildman–Crippen MR) is 122 cm³/mol. The number of sulfone groups is 1. The lowest BCUT2D eigenvalue weighted by Crippen LogP contribution is -2.48. The first-order chi connectivity index (χ1) is 16.5. The minimum absolute atomic E-state index is 0.126. The van der Waals surface area contributed by atoms with E-state index in [1.54, 1.807) is 42.7 Å². The summed E-state index contributed by atoms with van der Waals surface area (Å²) < 4.78 is 71.1. The van der Waals surface area contributed by atoms with Crippen molar-refractivity contribution in [1.29, 1.82) is 0 Å². The molecule has 5 rings (SSSR count). The van der Waals surface area contributed by atoms with E-state index < -0.39 is 27.3 Å². The van der Waals surface area contributed by atoms with Crippen LogP contribution in [0, 0.1) is 5.41 Å². The molecule has 7 nitrogen and oxygen atoms in total. The average molecular weight is 508 g/mol. The van der Waals surface area contributed by atoms with Crippen LogP contribution in [0.1, 0.15) is 25.7 Å². The van der Waals surface area contributed by atoms with E-state index in [0.29, 0.717) is 24.4 Å². The highest BCUT2D eigenvalue weighted by molar-refractivity contribution is 7.90. The SMILES string of the molecule is CS(=O)(=O)c1ccc2c(ccn2-c2ccc(OC3CCN(C(=O)C4(C(F)(F)F)CC4)CC3)cn2)c1. The maximum Gasteiger partial charge on any atom is 0.403 e. The Labute approximate surface area is 200 Å². The van der Waals surface area contributed by atoms with Crippen molar-refractivity contribution in [3.8, 4) is 11.6 Å². The van der Waals surface area contributed by atoms with Gasteiger partial charge < -0.3 is 14.2 Å². The van der Waals surface area contributed by atoms with E-state index in [-0.39, 0.29) is 36.9 Å². The fraction of sp³-hybridized carbons (Fsp3) is 0.417. The number of likely N-dealkylation sites (tertiary alicyclic amines) is 1. The Morgan fingerprint density at radius 1 is 1.11 bits per heavy atom. The van der Waals surface area contributed by atoms with Crippen LogP contribution in [0.4, 0.5) is 13.2 Å². The van der Waals surface area contributed by atoms with Crippen molar-refractivity contribution in [1.82, 2.24) is 14.5 Å². The van der Waals surface area contributed by atoms with Crippen LogP contribution in [0.5, 0.6) is 5.75 Å². The normalized spacial score (nSPS) is 18.6. The highest BCUT2D eigenvalue weighted by Crippen LogP contribution is 2.58. The van der Waals surface area contributed by atoms with Gasteiger partial charge in [-0.15, -0.1) is 0 Å². The largest absolute Gasteiger partial charge is 0.489 e. The Morgan fingerprint density at radius 2 is 1.83 bits per heavy atom. The number of hydrogen-bond acceptors (Lipinski definition) is 5. The molecule has 186 valence electrons. The van der Waals surface area contributed by atoms with Gasteiger partial charge in [0.2, 0.25) is 5.91 Å². The van der Waals surface area contributed by atoms with Gasteiger partial charge in [-0.05, 0) is 49.2 Å². The van der Waals surface area contributed by atoms with E-state index in [4.69, 9.17) is 4.74 Å². The molecule has 3 heterocycles. The van der Waals surface area contributed by atoms with Crippen molar-refractivity contribution >= 4 is 26.6 Å². The summed E-state index contributed by atoms with van der Waals surface area (Å²) in [6, 6.07) is 10.3. The van der Waals surface area contributed by atoms with Crippen molar-refractivity contribution in [3.63, 3.8) is 0 Å². The van der Waals surface area contributed by atoms with Gasteiger partial charge in [-0.1, -0.05) is 0 Å². The van der Waals surface area contributed by atoms with Gasteiger partial charge >= 0.3 is 6.18 Å². The summed E-state index contributed by atoms with van der Waals surface area (Å²) in [6.07, 6.45) is 0.490. The molecule has 0 N–H and O–H groups in total. The van der Waals surface area contributed by atoms with E-state index in [1.165, 1.54) is 11.2 Å². The topological polar surface area (TPSA) is 81.5 Å². The van der Waals surface area contributed by atoms with Crippen LogP contribution in [0.3, 0.4) is 0 Å². The Hall–Kier alpha value is -3.08. The van der Waals surface area contributed by atoms with E-state index in [0.717, 1.165) is 10.9 Å². The smallest absolute Gasteiger partial charge is 0.403 e. The minimum atomic E-state index is -4.49. The number of pyridine rings is 1. The van der Waals surface area contributed by atoms with Crippen molar-refractivity contribution < 1.29 is 31.1 Å². The summed E-state index contributed by atoms with van der Waals surface area (Å²) in [6.45, 7) is 0.468. The fourth-order valence-corrected chi connectivity index (χ4v) is 5.21. The number of piperidine rings is 1. The zero-order valence-electron chi connectivity index (χ0n) is 19.0. The number of fused-ring (bicyclic) bond motifs is 1. The predicted octanol–water partition coefficient (Wildman–Crippen LogP) is 4.14. The number of rotatable bonds is 5. The molecule has 1 saturated carbocycles. The minimum Gasteiger partial charge on any atom is -0.489 e. The molecule has 0 bridgehead atoms. The molecule has 11 heteroatoms. The van der Waals surface area contributed by atoms with Crippen LogP contribution in [0.15, 0.2) is 53.7 Å². The highest BCUT2D eigenvalue weighted by Gasteiger charge is 2.69. The summed E-state index contributed by atoms with van der Waals surface area (Å²) in [4.78, 5) is 18.4. The molecule has 2 aliphatic rings. The number of halogens is 3. The van der Waals surface area contributed by atoms with E-state index in [1.807, 2.05) is 10.6 Å². The first-order valence-corrected chi connectivity index (χ1v) is 13.2. The van der Waals surface area contributed by atoms with Crippen LogP contribution < -0.4 is 4.74 Å². The van der Waals surface area contributed by atoms with Gasteiger partial charge in [-0.2, -0.15) is 13.2 Å². The van der Waals surface area contributed by atoms with E-state index in [2.05, 4.69) is 4.98 Å². The number of ether oxygens (including phenoxy) is 1. The highest BCUT2D eigenvalue weighted by atomic mass is 32.2. The summed E-state index contributed by atoms with van der Waals surface area (Å²) in [5, 5.41) is 0.773. The number of hydrogen-bond donors (Lipinski definition) is 0. The molecule has 2 fully saturated rings. The Morgan fingerprint density at radius 3 is 2.40 bits per heavy atom. The molecule has 2 aromatic heterocycles. The molecule has 1 aromatic carbocycles. The number of aromatic nitrogens is 2. The number of carbonyl (C=O) groups excluding carboxylic acids is 1. The first-order valence-electron chi connectivity index (χ1n) is 11.3. The van der Waals surface area contributed by atoms with Crippen LogP contribution >= 0.6 is 0 Å². The third-order valence-electron chi connectivity index (χ3n) is 6.79. The fourth-order valence-electron chi connectivity index (χ4n) is 4.55. The molecular weight excluding hydrogens is 483 g/mol. The summed E-state index contributed by atoms with van der Waals surface area (Å²) in [5.41, 5.74) is -1.36. The molecule has 1 aliphatic heterocycles. The summed E-state index contributed by atoms with van der Waals surface area (Å²) in [7, 11) is -3.30. The van der Waals surface area contributed by atoms with Gasteiger partial charge in [0.15, 0.2) is 9.84 Å². The van der Waals surface area contributed by atoms with Gasteiger partial charge in [-0.25, -0.2) is 13.4 Å². The lowest BCUT2D eigenvalue weighted by Gasteiger charge is -2.34. The monoisotopic (exact) mass is 507 g/mol. The Bertz CT molecular complexity index is 1370. The average Bonchev–Trinajstić information content (AvgIpc) is 3.53. The number of amides is 1. The van der Waals surface area contributed by atoms with Crippen LogP contribution in [-0.2, 0) is 14.6 Å². The van der Waals surface area contributed by atoms with Crippen molar-refractivity contribution in [2.24, 2.45) is 5.41 Å². The number of carbonyl (C=O) groups is 1. The molecule has 1 aliphatic carbocycles. The lowest BCUT2D eigenvalue weighted by molar-refractivity contribution is -0.199. The van der Waals surface area contributed by atoms with Crippen molar-refractivity contribution in [2.75, 3.05) is 19.3 Å². The second-order valence-electron chi connectivity index (χ2n) is 9.22. The molecule has 0 unspecified atom stereocenters. The van der Waals surface area contributed by atoms with Crippen molar-refractivity contribution in [3.05, 3.63) is 48.8 Å². The molecule has 3 aromatic rings. The first kappa shape index (κ1) is 23.7. The van der Waals surface area contributed by atoms with Gasteiger partial charge in [-0.3, -0.25) is 4.79 Å². The maximum atomic E-state index is 13.2. The standard InChI is InChI=1S/C24H24F3N3O4S/c1-35(32,33)19-3-4-20-16(14-19)6-13-30(20)21-5-2-18(15-28-21)34-17-7-11-29(12-8-17)22(31)23(9-10-23)24(25,26)27/h2-6,13-15,17H,7-12H2,1H3. The van der Waals surface area contributed by atoms with Gasteiger partial charge in [0.1, 0.15) is 23.1 Å².